The number of hydrogen-bond donors (Lipinski definition) is 3. The van der Waals surface area contributed by atoms with Gasteiger partial charge in [-0.1, -0.05) is 48.5 Å². The summed E-state index contributed by atoms with van der Waals surface area (Å²) < 4.78 is 1.54. The van der Waals surface area contributed by atoms with Crippen molar-refractivity contribution >= 4 is 28.6 Å². The molecule has 1 saturated carbocycles. The van der Waals surface area contributed by atoms with Crippen LogP contribution < -0.4 is 11.5 Å². The van der Waals surface area contributed by atoms with E-state index in [0.29, 0.717) is 24.1 Å². The fraction of sp³-hybridized carbons (Fsp3) is 0.200. The number of nitrogens with two attached hydrogens (primary N) is 2. The molecule has 0 radical (unpaired) electrons. The number of pyridine rings is 1. The van der Waals surface area contributed by atoms with Gasteiger partial charge in [0.1, 0.15) is 17.1 Å². The molecule has 0 atom stereocenters. The average Bonchev–Trinajstić information content (AvgIpc) is 3.13. The van der Waals surface area contributed by atoms with E-state index in [1.807, 2.05) is 60.7 Å². The summed E-state index contributed by atoms with van der Waals surface area (Å²) >= 11 is 0. The first-order valence-corrected chi connectivity index (χ1v) is 10.6. The number of aliphatic carboxylic acids is 1. The lowest BCUT2D eigenvalue weighted by molar-refractivity contribution is -0.155. The van der Waals surface area contributed by atoms with Crippen LogP contribution in [0.3, 0.4) is 0 Å². The number of fused-ring (bicyclic) bond motifs is 1. The van der Waals surface area contributed by atoms with E-state index in [1.54, 1.807) is 6.92 Å². The molecule has 1 aliphatic carbocycles. The van der Waals surface area contributed by atoms with E-state index >= 15 is 0 Å². The van der Waals surface area contributed by atoms with Gasteiger partial charge in [-0.2, -0.15) is 5.10 Å². The minimum absolute atomic E-state index is 0.137. The molecule has 0 spiro atoms. The number of nitrogens with zero attached hydrogens (tertiary/aromatic N) is 3. The maximum atomic E-state index is 12.3. The second kappa shape index (κ2) is 7.44. The van der Waals surface area contributed by atoms with Gasteiger partial charge in [-0.15, -0.1) is 0 Å². The highest BCUT2D eigenvalue weighted by Gasteiger charge is 2.48. The Balaban J connectivity index is 1.57. The van der Waals surface area contributed by atoms with Crippen molar-refractivity contribution < 1.29 is 14.7 Å². The molecular formula is C25H23N5O3. The first kappa shape index (κ1) is 20.7. The third-order valence-electron chi connectivity index (χ3n) is 6.46. The number of aromatic nitrogens is 3. The van der Waals surface area contributed by atoms with Crippen molar-refractivity contribution in [3.05, 3.63) is 66.2 Å². The number of nitrogen functional groups attached to an aromatic ring is 1. The Kier molecular flexibility index (Phi) is 4.67. The lowest BCUT2D eigenvalue weighted by Crippen LogP contribution is -2.42. The maximum absolute atomic E-state index is 12.3. The van der Waals surface area contributed by atoms with Gasteiger partial charge in [0.05, 0.1) is 22.7 Å². The zero-order valence-electron chi connectivity index (χ0n) is 18.0. The van der Waals surface area contributed by atoms with Gasteiger partial charge in [0.15, 0.2) is 0 Å². The number of anilines is 1. The van der Waals surface area contributed by atoms with Crippen molar-refractivity contribution in [2.75, 3.05) is 5.73 Å². The largest absolute Gasteiger partial charge is 0.481 e. The number of hydrogen-bond acceptors (Lipinski definition) is 5. The number of rotatable bonds is 5. The highest BCUT2D eigenvalue weighted by molar-refractivity contribution is 6.04. The Hall–Kier alpha value is -4.20. The van der Waals surface area contributed by atoms with Gasteiger partial charge < -0.3 is 16.6 Å². The molecule has 0 aliphatic heterocycles. The van der Waals surface area contributed by atoms with Gasteiger partial charge in [0.25, 0.3) is 5.91 Å². The van der Waals surface area contributed by atoms with Crippen LogP contribution in [-0.2, 0) is 4.79 Å². The summed E-state index contributed by atoms with van der Waals surface area (Å²) in [5, 5.41) is 15.0. The summed E-state index contributed by atoms with van der Waals surface area (Å²) in [5.74, 6) is -1.38. The van der Waals surface area contributed by atoms with Crippen molar-refractivity contribution in [2.45, 2.75) is 25.8 Å². The summed E-state index contributed by atoms with van der Waals surface area (Å²) in [6.07, 6.45) is 0.761. The Morgan fingerprint density at radius 3 is 2.42 bits per heavy atom. The topological polar surface area (TPSA) is 137 Å². The van der Waals surface area contributed by atoms with Crippen LogP contribution in [0.5, 0.6) is 0 Å². The van der Waals surface area contributed by atoms with Gasteiger partial charge in [0.2, 0.25) is 0 Å². The van der Waals surface area contributed by atoms with Crippen molar-refractivity contribution in [3.8, 4) is 22.5 Å². The molecule has 2 aromatic carbocycles. The zero-order chi connectivity index (χ0) is 23.3. The van der Waals surface area contributed by atoms with Crippen LogP contribution in [0.2, 0.25) is 0 Å². The fourth-order valence-corrected chi connectivity index (χ4v) is 4.53. The SMILES string of the molecule is CC1(C(=O)O)CC(n2nc(-c3ccc4ccc(-c5ccccc5)nc4c3)c(C(N)=O)c2N)C1. The van der Waals surface area contributed by atoms with E-state index < -0.39 is 17.3 Å². The number of carboxylic acids is 1. The van der Waals surface area contributed by atoms with Crippen LogP contribution in [-0.4, -0.2) is 31.7 Å². The van der Waals surface area contributed by atoms with Crippen LogP contribution >= 0.6 is 0 Å². The smallest absolute Gasteiger partial charge is 0.309 e. The minimum atomic E-state index is -0.852. The van der Waals surface area contributed by atoms with E-state index in [1.165, 1.54) is 4.68 Å². The third kappa shape index (κ3) is 3.40. The van der Waals surface area contributed by atoms with Crippen molar-refractivity contribution in [3.63, 3.8) is 0 Å². The normalized spacial score (nSPS) is 19.8. The Bertz CT molecular complexity index is 1400. The molecule has 0 unspecified atom stereocenters. The molecular weight excluding hydrogens is 418 g/mol. The van der Waals surface area contributed by atoms with Crippen molar-refractivity contribution in [2.24, 2.45) is 11.1 Å². The fourth-order valence-electron chi connectivity index (χ4n) is 4.53. The second-order valence-electron chi connectivity index (χ2n) is 8.82. The molecule has 2 aromatic heterocycles. The Labute approximate surface area is 189 Å². The number of benzene rings is 2. The summed E-state index contributed by atoms with van der Waals surface area (Å²) in [6, 6.07) is 19.3. The van der Waals surface area contributed by atoms with E-state index in [-0.39, 0.29) is 17.4 Å². The quantitative estimate of drug-likeness (QED) is 0.430. The molecule has 33 heavy (non-hydrogen) atoms. The maximum Gasteiger partial charge on any atom is 0.309 e. The first-order chi connectivity index (χ1) is 15.8. The lowest BCUT2D eigenvalue weighted by atomic mass is 9.67. The average molecular weight is 441 g/mol. The highest BCUT2D eigenvalue weighted by Crippen LogP contribution is 2.49. The van der Waals surface area contributed by atoms with Gasteiger partial charge >= 0.3 is 5.97 Å². The second-order valence-corrected chi connectivity index (χ2v) is 8.82. The van der Waals surface area contributed by atoms with Crippen molar-refractivity contribution in [1.82, 2.24) is 14.8 Å². The molecule has 5 N–H and O–H groups in total. The van der Waals surface area contributed by atoms with Crippen LogP contribution in [0.4, 0.5) is 5.82 Å². The number of carbonyl (C=O) groups is 2. The van der Waals surface area contributed by atoms with Gasteiger partial charge in [0, 0.05) is 16.5 Å². The zero-order valence-corrected chi connectivity index (χ0v) is 18.0. The van der Waals surface area contributed by atoms with E-state index in [2.05, 4.69) is 5.10 Å². The molecule has 8 nitrogen and oxygen atoms in total. The molecule has 5 rings (SSSR count). The van der Waals surface area contributed by atoms with Gasteiger partial charge in [-0.05, 0) is 31.9 Å². The number of carbonyl (C=O) groups excluding carboxylic acids is 1. The number of primary amides is 1. The molecule has 4 aromatic rings. The highest BCUT2D eigenvalue weighted by atomic mass is 16.4. The molecule has 1 amide bonds. The van der Waals surface area contributed by atoms with Crippen LogP contribution in [0, 0.1) is 5.41 Å². The van der Waals surface area contributed by atoms with Crippen LogP contribution in [0.15, 0.2) is 60.7 Å². The molecule has 8 heteroatoms. The predicted octanol–water partition coefficient (Wildman–Crippen LogP) is 3.87. The van der Waals surface area contributed by atoms with Gasteiger partial charge in [-0.3, -0.25) is 9.59 Å². The third-order valence-corrected chi connectivity index (χ3v) is 6.46. The summed E-state index contributed by atoms with van der Waals surface area (Å²) in [6.45, 7) is 1.70. The standard InChI is InChI=1S/C25H23N5O3/c1-25(24(32)33)12-17(13-25)30-22(26)20(23(27)31)21(29-30)16-8-7-15-9-10-18(28-19(15)11-16)14-5-3-2-4-6-14/h2-11,17H,12-13,26H2,1H3,(H2,27,31)(H,32,33). The van der Waals surface area contributed by atoms with Crippen LogP contribution in [0.25, 0.3) is 33.4 Å². The summed E-state index contributed by atoms with van der Waals surface area (Å²) in [4.78, 5) is 28.5. The molecule has 1 aliphatic rings. The summed E-state index contributed by atoms with van der Waals surface area (Å²) in [7, 11) is 0. The van der Waals surface area contributed by atoms with E-state index in [0.717, 1.165) is 22.2 Å². The number of carboxylic acid groups (broad SMARTS) is 1. The van der Waals surface area contributed by atoms with E-state index in [4.69, 9.17) is 16.5 Å². The number of amides is 1. The Morgan fingerprint density at radius 1 is 1.06 bits per heavy atom. The van der Waals surface area contributed by atoms with E-state index in [9.17, 15) is 14.7 Å². The summed E-state index contributed by atoms with van der Waals surface area (Å²) in [5.41, 5.74) is 14.9. The molecule has 2 heterocycles. The molecule has 1 fully saturated rings. The molecule has 0 saturated heterocycles. The van der Waals surface area contributed by atoms with Crippen molar-refractivity contribution in [1.29, 1.82) is 0 Å². The first-order valence-electron chi connectivity index (χ1n) is 10.6. The van der Waals surface area contributed by atoms with Gasteiger partial charge in [-0.25, -0.2) is 9.67 Å². The monoisotopic (exact) mass is 441 g/mol. The Morgan fingerprint density at radius 2 is 1.76 bits per heavy atom. The minimum Gasteiger partial charge on any atom is -0.481 e. The lowest BCUT2D eigenvalue weighted by Gasteiger charge is -2.41. The predicted molar refractivity (Wildman–Crippen MR) is 125 cm³/mol. The van der Waals surface area contributed by atoms with Crippen LogP contribution in [0.1, 0.15) is 36.2 Å². The molecule has 166 valence electrons. The molecule has 0 bridgehead atoms.